The van der Waals surface area contributed by atoms with E-state index in [1.54, 1.807) is 37.3 Å². The van der Waals surface area contributed by atoms with Crippen LogP contribution in [0.1, 0.15) is 6.92 Å². The molecule has 0 unspecified atom stereocenters. The minimum Gasteiger partial charge on any atom is -0.480 e. The van der Waals surface area contributed by atoms with E-state index < -0.39 is 6.10 Å². The lowest BCUT2D eigenvalue weighted by molar-refractivity contribution is -0.122. The molecule has 1 heterocycles. The molecular weight excluding hydrogens is 379 g/mol. The average molecular weight is 390 g/mol. The maximum Gasteiger partial charge on any atom is 0.266 e. The minimum atomic E-state index is -0.694. The molecule has 1 N–H and O–H groups in total. The van der Waals surface area contributed by atoms with E-state index in [0.717, 1.165) is 0 Å². The van der Waals surface area contributed by atoms with Crippen molar-refractivity contribution < 1.29 is 9.53 Å². The van der Waals surface area contributed by atoms with Crippen LogP contribution in [0.25, 0.3) is 0 Å². The van der Waals surface area contributed by atoms with Gasteiger partial charge in [-0.25, -0.2) is 4.98 Å². The first kappa shape index (κ1) is 16.1. The third kappa shape index (κ3) is 4.59. The number of amides is 1. The van der Waals surface area contributed by atoms with Gasteiger partial charge in [0.1, 0.15) is 11.6 Å². The van der Waals surface area contributed by atoms with Crippen LogP contribution < -0.4 is 10.1 Å². The van der Waals surface area contributed by atoms with Gasteiger partial charge >= 0.3 is 0 Å². The summed E-state index contributed by atoms with van der Waals surface area (Å²) in [5, 5.41) is 3.73. The molecular formula is C14H11BrCl2N2O2. The number of benzene rings is 1. The standard InChI is InChI=1S/C14H11BrCl2N2O2/c1-8(21-12-4-2-9(16)6-11(12)15)14(20)19-13-5-3-10(17)7-18-13/h2-8H,1H3,(H,18,19,20)/t8-/m1/s1. The molecule has 0 saturated carbocycles. The molecule has 0 aliphatic rings. The summed E-state index contributed by atoms with van der Waals surface area (Å²) in [4.78, 5) is 16.0. The number of aromatic nitrogens is 1. The summed E-state index contributed by atoms with van der Waals surface area (Å²) in [5.41, 5.74) is 0. The quantitative estimate of drug-likeness (QED) is 0.833. The highest BCUT2D eigenvalue weighted by atomic mass is 79.9. The van der Waals surface area contributed by atoms with E-state index in [4.69, 9.17) is 27.9 Å². The molecule has 1 aromatic carbocycles. The van der Waals surface area contributed by atoms with Gasteiger partial charge in [-0.2, -0.15) is 0 Å². The first-order valence-corrected chi connectivity index (χ1v) is 7.55. The Bertz CT molecular complexity index is 650. The first-order chi connectivity index (χ1) is 9.95. The third-order valence-corrected chi connectivity index (χ3v) is 3.62. The van der Waals surface area contributed by atoms with Gasteiger partial charge in [0.2, 0.25) is 0 Å². The van der Waals surface area contributed by atoms with E-state index in [9.17, 15) is 4.79 Å². The molecule has 0 saturated heterocycles. The van der Waals surface area contributed by atoms with E-state index in [-0.39, 0.29) is 5.91 Å². The predicted octanol–water partition coefficient (Wildman–Crippen LogP) is 4.56. The maximum absolute atomic E-state index is 12.0. The van der Waals surface area contributed by atoms with Crippen LogP contribution in [0.5, 0.6) is 5.75 Å². The van der Waals surface area contributed by atoms with Crippen molar-refractivity contribution in [3.63, 3.8) is 0 Å². The topological polar surface area (TPSA) is 51.2 Å². The highest BCUT2D eigenvalue weighted by molar-refractivity contribution is 9.10. The van der Waals surface area contributed by atoms with Crippen molar-refractivity contribution in [2.24, 2.45) is 0 Å². The summed E-state index contributed by atoms with van der Waals surface area (Å²) in [6.07, 6.45) is 0.762. The summed E-state index contributed by atoms with van der Waals surface area (Å²) in [6.45, 7) is 1.65. The maximum atomic E-state index is 12.0. The van der Waals surface area contributed by atoms with Gasteiger partial charge in [0.15, 0.2) is 6.10 Å². The van der Waals surface area contributed by atoms with Crippen LogP contribution in [0.2, 0.25) is 10.0 Å². The lowest BCUT2D eigenvalue weighted by Gasteiger charge is -2.15. The van der Waals surface area contributed by atoms with Gasteiger partial charge in [-0.05, 0) is 53.2 Å². The van der Waals surface area contributed by atoms with Crippen LogP contribution >= 0.6 is 39.1 Å². The zero-order chi connectivity index (χ0) is 15.4. The number of pyridine rings is 1. The van der Waals surface area contributed by atoms with Crippen molar-refractivity contribution in [3.8, 4) is 5.75 Å². The van der Waals surface area contributed by atoms with Crippen molar-refractivity contribution in [3.05, 3.63) is 51.0 Å². The highest BCUT2D eigenvalue weighted by Crippen LogP contribution is 2.28. The second kappa shape index (κ2) is 7.11. The summed E-state index contributed by atoms with van der Waals surface area (Å²) in [5.74, 6) is 0.632. The van der Waals surface area contributed by atoms with E-state index in [0.29, 0.717) is 26.1 Å². The van der Waals surface area contributed by atoms with Crippen molar-refractivity contribution >= 4 is 50.9 Å². The number of hydrogen-bond acceptors (Lipinski definition) is 3. The SMILES string of the molecule is C[C@@H](Oc1ccc(Cl)cc1Br)C(=O)Nc1ccc(Cl)cn1. The number of hydrogen-bond donors (Lipinski definition) is 1. The van der Waals surface area contributed by atoms with Crippen LogP contribution in [-0.2, 0) is 4.79 Å². The van der Waals surface area contributed by atoms with E-state index in [1.807, 2.05) is 0 Å². The zero-order valence-corrected chi connectivity index (χ0v) is 14.0. The van der Waals surface area contributed by atoms with E-state index >= 15 is 0 Å². The smallest absolute Gasteiger partial charge is 0.266 e. The monoisotopic (exact) mass is 388 g/mol. The largest absolute Gasteiger partial charge is 0.480 e. The number of nitrogens with one attached hydrogen (secondary N) is 1. The van der Waals surface area contributed by atoms with Crippen LogP contribution in [0.3, 0.4) is 0 Å². The molecule has 4 nitrogen and oxygen atoms in total. The fourth-order valence-corrected chi connectivity index (χ4v) is 2.38. The molecule has 110 valence electrons. The molecule has 7 heteroatoms. The Labute approximate surface area is 140 Å². The Balaban J connectivity index is 2.00. The zero-order valence-electron chi connectivity index (χ0n) is 10.9. The second-order valence-electron chi connectivity index (χ2n) is 4.19. The Hall–Kier alpha value is -1.30. The van der Waals surface area contributed by atoms with Gasteiger partial charge in [0, 0.05) is 11.2 Å². The van der Waals surface area contributed by atoms with Gasteiger partial charge in [0.05, 0.1) is 9.50 Å². The van der Waals surface area contributed by atoms with Crippen molar-refractivity contribution in [1.82, 2.24) is 4.98 Å². The minimum absolute atomic E-state index is 0.313. The van der Waals surface area contributed by atoms with Crippen molar-refractivity contribution in [2.75, 3.05) is 5.32 Å². The van der Waals surface area contributed by atoms with Crippen LogP contribution in [-0.4, -0.2) is 17.0 Å². The van der Waals surface area contributed by atoms with Gasteiger partial charge in [-0.1, -0.05) is 23.2 Å². The molecule has 0 bridgehead atoms. The van der Waals surface area contributed by atoms with Gasteiger partial charge in [-0.15, -0.1) is 0 Å². The Morgan fingerprint density at radius 1 is 1.29 bits per heavy atom. The molecule has 0 aliphatic heterocycles. The third-order valence-electron chi connectivity index (χ3n) is 2.55. The molecule has 0 aliphatic carbocycles. The van der Waals surface area contributed by atoms with E-state index in [1.165, 1.54) is 6.20 Å². The molecule has 21 heavy (non-hydrogen) atoms. The van der Waals surface area contributed by atoms with Gasteiger partial charge in [-0.3, -0.25) is 4.79 Å². The number of nitrogens with zero attached hydrogens (tertiary/aromatic N) is 1. The molecule has 2 aromatic rings. The highest BCUT2D eigenvalue weighted by Gasteiger charge is 2.16. The van der Waals surface area contributed by atoms with Gasteiger partial charge < -0.3 is 10.1 Å². The number of carbonyl (C=O) groups is 1. The number of halogens is 3. The molecule has 0 fully saturated rings. The molecule has 1 atom stereocenters. The van der Waals surface area contributed by atoms with Crippen LogP contribution in [0.4, 0.5) is 5.82 Å². The number of carbonyl (C=O) groups excluding carboxylic acids is 1. The normalized spacial score (nSPS) is 11.8. The number of rotatable bonds is 4. The van der Waals surface area contributed by atoms with Crippen molar-refractivity contribution in [1.29, 1.82) is 0 Å². The molecule has 0 radical (unpaired) electrons. The number of ether oxygens (including phenoxy) is 1. The molecule has 1 aromatic heterocycles. The lowest BCUT2D eigenvalue weighted by atomic mass is 10.3. The molecule has 0 spiro atoms. The fourth-order valence-electron chi connectivity index (χ4n) is 1.49. The summed E-state index contributed by atoms with van der Waals surface area (Å²) >= 11 is 14.9. The second-order valence-corrected chi connectivity index (χ2v) is 5.91. The molecule has 2 rings (SSSR count). The van der Waals surface area contributed by atoms with Crippen LogP contribution in [0, 0.1) is 0 Å². The molecule has 1 amide bonds. The Morgan fingerprint density at radius 2 is 2.00 bits per heavy atom. The Kier molecular flexibility index (Phi) is 5.45. The van der Waals surface area contributed by atoms with Crippen LogP contribution in [0.15, 0.2) is 41.0 Å². The average Bonchev–Trinajstić information content (AvgIpc) is 2.44. The first-order valence-electron chi connectivity index (χ1n) is 6.00. The number of anilines is 1. The Morgan fingerprint density at radius 3 is 2.62 bits per heavy atom. The summed E-state index contributed by atoms with van der Waals surface area (Å²) in [6, 6.07) is 8.34. The summed E-state index contributed by atoms with van der Waals surface area (Å²) in [7, 11) is 0. The van der Waals surface area contributed by atoms with E-state index in [2.05, 4.69) is 26.2 Å². The predicted molar refractivity (Wildman–Crippen MR) is 87.1 cm³/mol. The lowest BCUT2D eigenvalue weighted by Crippen LogP contribution is -2.30. The van der Waals surface area contributed by atoms with Gasteiger partial charge in [0.25, 0.3) is 5.91 Å². The fraction of sp³-hybridized carbons (Fsp3) is 0.143. The summed E-state index contributed by atoms with van der Waals surface area (Å²) < 4.78 is 6.27. The van der Waals surface area contributed by atoms with Crippen molar-refractivity contribution in [2.45, 2.75) is 13.0 Å².